The number of aliphatic imine (C=N–C) groups is 1. The number of thioether (sulfide) groups is 1. The van der Waals surface area contributed by atoms with E-state index in [2.05, 4.69) is 54.1 Å². The van der Waals surface area contributed by atoms with Crippen molar-refractivity contribution in [2.24, 2.45) is 10.9 Å². The summed E-state index contributed by atoms with van der Waals surface area (Å²) in [5.74, 6) is 0.711. The Balaban J connectivity index is 4.59. The maximum absolute atomic E-state index is 11.3. The number of nitrogens with zero attached hydrogens (tertiary/aromatic N) is 1. The average molecular weight is 400 g/mol. The van der Waals surface area contributed by atoms with Gasteiger partial charge in [0.25, 0.3) is 0 Å². The Morgan fingerprint density at radius 3 is 2.50 bits per heavy atom. The lowest BCUT2D eigenvalue weighted by Gasteiger charge is -2.16. The van der Waals surface area contributed by atoms with Crippen LogP contribution in [0.25, 0.3) is 0 Å². The molecule has 1 N–H and O–H groups in total. The van der Waals surface area contributed by atoms with Crippen molar-refractivity contribution >= 4 is 62.9 Å². The third kappa shape index (κ3) is 8.53. The molecule has 1 unspecified atom stereocenters. The highest BCUT2D eigenvalue weighted by atomic mass is 127. The predicted octanol–water partition coefficient (Wildman–Crippen LogP) is 3.85. The Morgan fingerprint density at radius 1 is 1.50 bits per heavy atom. The second-order valence-electron chi connectivity index (χ2n) is 4.39. The van der Waals surface area contributed by atoms with Crippen LogP contribution >= 0.6 is 47.0 Å². The van der Waals surface area contributed by atoms with Gasteiger partial charge in [-0.15, -0.1) is 12.6 Å². The number of carbonyl (C=O) groups excluding carboxylic acids is 1. The van der Waals surface area contributed by atoms with Crippen LogP contribution in [0.5, 0.6) is 0 Å². The van der Waals surface area contributed by atoms with E-state index in [1.54, 1.807) is 11.8 Å². The molecule has 0 saturated carbocycles. The second-order valence-corrected chi connectivity index (χ2v) is 7.00. The quantitative estimate of drug-likeness (QED) is 0.214. The summed E-state index contributed by atoms with van der Waals surface area (Å²) in [5.41, 5.74) is 0. The minimum absolute atomic E-state index is 0.0950. The highest BCUT2D eigenvalue weighted by molar-refractivity contribution is 14.1. The summed E-state index contributed by atoms with van der Waals surface area (Å²) in [4.78, 5) is 15.5. The van der Waals surface area contributed by atoms with Gasteiger partial charge < -0.3 is 0 Å². The lowest BCUT2D eigenvalue weighted by atomic mass is 10.1. The van der Waals surface area contributed by atoms with Crippen molar-refractivity contribution in [1.29, 1.82) is 5.41 Å². The first-order valence-electron chi connectivity index (χ1n) is 5.97. The van der Waals surface area contributed by atoms with Crippen molar-refractivity contribution in [2.45, 2.75) is 38.9 Å². The van der Waals surface area contributed by atoms with Gasteiger partial charge in [0.15, 0.2) is 5.78 Å². The van der Waals surface area contributed by atoms with Gasteiger partial charge in [-0.25, -0.2) is 0 Å². The molecule has 3 nitrogen and oxygen atoms in total. The summed E-state index contributed by atoms with van der Waals surface area (Å²) in [7, 11) is 0. The van der Waals surface area contributed by atoms with Gasteiger partial charge in [0, 0.05) is 16.1 Å². The number of alkyl halides is 1. The molecule has 0 saturated heterocycles. The van der Waals surface area contributed by atoms with Gasteiger partial charge in [-0.1, -0.05) is 55.1 Å². The molecule has 0 radical (unpaired) electrons. The fraction of sp³-hybridized carbons (Fsp3) is 0.750. The molecule has 0 bridgehead atoms. The lowest BCUT2D eigenvalue weighted by Crippen LogP contribution is -2.16. The third-order valence-electron chi connectivity index (χ3n) is 2.18. The van der Waals surface area contributed by atoms with E-state index in [-0.39, 0.29) is 17.4 Å². The van der Waals surface area contributed by atoms with Crippen LogP contribution in [0.3, 0.4) is 0 Å². The van der Waals surface area contributed by atoms with Gasteiger partial charge in [0.1, 0.15) is 10.1 Å². The molecule has 18 heavy (non-hydrogen) atoms. The Bertz CT molecular complexity index is 319. The number of hydrogen-bond acceptors (Lipinski definition) is 4. The Morgan fingerprint density at radius 2 is 2.11 bits per heavy atom. The van der Waals surface area contributed by atoms with Crippen molar-refractivity contribution in [1.82, 2.24) is 0 Å². The number of hydrogen-bond donors (Lipinski definition) is 2. The highest BCUT2D eigenvalue weighted by Crippen LogP contribution is 2.24. The maximum Gasteiger partial charge on any atom is 0.153 e. The molecule has 0 amide bonds. The largest absolute Gasteiger partial charge is 0.298 e. The van der Waals surface area contributed by atoms with Gasteiger partial charge >= 0.3 is 0 Å². The van der Waals surface area contributed by atoms with Crippen LogP contribution in [0, 0.1) is 11.3 Å². The van der Waals surface area contributed by atoms with E-state index >= 15 is 0 Å². The molecule has 0 spiro atoms. The molecule has 1 atom stereocenters. The smallest absolute Gasteiger partial charge is 0.153 e. The van der Waals surface area contributed by atoms with Gasteiger partial charge in [-0.05, 0) is 12.3 Å². The highest BCUT2D eigenvalue weighted by Gasteiger charge is 2.15. The standard InChI is InChI=1S/C12H21IN2OS2/c1-4-9(16)7-15-12(11(14)17)18-10(6-13)5-8(2)3/h8,10H,4-7H2,1-3H3,(H2,14,17)/b15-12-. The summed E-state index contributed by atoms with van der Waals surface area (Å²) in [6.45, 7) is 6.35. The summed E-state index contributed by atoms with van der Waals surface area (Å²) in [6.07, 6.45) is 1.57. The first-order valence-corrected chi connectivity index (χ1v) is 8.82. The zero-order valence-corrected chi connectivity index (χ0v) is 14.9. The molecule has 0 fully saturated rings. The minimum atomic E-state index is 0.0950. The van der Waals surface area contributed by atoms with Crippen LogP contribution in [0.15, 0.2) is 4.99 Å². The molecule has 0 aliphatic rings. The van der Waals surface area contributed by atoms with Crippen molar-refractivity contribution in [3.05, 3.63) is 0 Å². The van der Waals surface area contributed by atoms with E-state index in [1.807, 2.05) is 6.92 Å². The number of carbonyl (C=O) groups is 1. The van der Waals surface area contributed by atoms with E-state index < -0.39 is 0 Å². The number of rotatable bonds is 8. The van der Waals surface area contributed by atoms with E-state index in [0.717, 1.165) is 10.8 Å². The average Bonchev–Trinajstić information content (AvgIpc) is 2.31. The van der Waals surface area contributed by atoms with Gasteiger partial charge in [0.2, 0.25) is 0 Å². The lowest BCUT2D eigenvalue weighted by molar-refractivity contribution is -0.117. The Kier molecular flexibility index (Phi) is 10.5. The SMILES string of the molecule is CCC(=O)C/N=C(\SC(CI)CC(C)C)C(=N)S. The normalized spacial score (nSPS) is 13.8. The van der Waals surface area contributed by atoms with Crippen LogP contribution in [-0.4, -0.2) is 32.1 Å². The van der Waals surface area contributed by atoms with Gasteiger partial charge in [0.05, 0.1) is 6.54 Å². The van der Waals surface area contributed by atoms with Crippen molar-refractivity contribution in [3.8, 4) is 0 Å². The van der Waals surface area contributed by atoms with E-state index in [0.29, 0.717) is 22.6 Å². The zero-order chi connectivity index (χ0) is 14.1. The van der Waals surface area contributed by atoms with Crippen molar-refractivity contribution in [3.63, 3.8) is 0 Å². The number of thiol groups is 1. The van der Waals surface area contributed by atoms with Gasteiger partial charge in [-0.2, -0.15) is 0 Å². The van der Waals surface area contributed by atoms with E-state index in [4.69, 9.17) is 5.41 Å². The molecule has 0 aliphatic carbocycles. The topological polar surface area (TPSA) is 53.3 Å². The summed E-state index contributed by atoms with van der Waals surface area (Å²) in [5, 5.41) is 8.77. The molecular formula is C12H21IN2OS2. The number of ketones is 1. The number of nitrogens with one attached hydrogen (secondary N) is 1. The molecule has 104 valence electrons. The van der Waals surface area contributed by atoms with Crippen molar-refractivity contribution in [2.75, 3.05) is 11.0 Å². The van der Waals surface area contributed by atoms with Crippen LogP contribution in [-0.2, 0) is 4.79 Å². The first kappa shape index (κ1) is 18.4. The predicted molar refractivity (Wildman–Crippen MR) is 94.0 cm³/mol. The Labute approximate surface area is 133 Å². The zero-order valence-electron chi connectivity index (χ0n) is 11.1. The molecule has 0 aliphatic heterocycles. The molecule has 0 heterocycles. The van der Waals surface area contributed by atoms with E-state index in [9.17, 15) is 4.79 Å². The molecule has 0 aromatic carbocycles. The summed E-state index contributed by atoms with van der Waals surface area (Å²) < 4.78 is 1.00. The third-order valence-corrected chi connectivity index (χ3v) is 5.45. The molecule has 0 aromatic rings. The van der Waals surface area contributed by atoms with Gasteiger partial charge in [-0.3, -0.25) is 15.2 Å². The van der Waals surface area contributed by atoms with Crippen molar-refractivity contribution < 1.29 is 4.79 Å². The molecule has 6 heteroatoms. The fourth-order valence-corrected chi connectivity index (χ4v) is 3.50. The Hall–Kier alpha value is 0.440. The first-order chi connectivity index (χ1) is 8.40. The van der Waals surface area contributed by atoms with Crippen LogP contribution in [0.2, 0.25) is 0 Å². The minimum Gasteiger partial charge on any atom is -0.298 e. The fourth-order valence-electron chi connectivity index (χ4n) is 1.27. The monoisotopic (exact) mass is 400 g/mol. The summed E-state index contributed by atoms with van der Waals surface area (Å²) in [6, 6.07) is 0. The second kappa shape index (κ2) is 10.3. The molecular weight excluding hydrogens is 379 g/mol. The van der Waals surface area contributed by atoms with Crippen LogP contribution in [0.4, 0.5) is 0 Å². The maximum atomic E-state index is 11.3. The molecule has 0 rings (SSSR count). The number of halogens is 1. The molecule has 0 aromatic heterocycles. The van der Waals surface area contributed by atoms with Crippen LogP contribution in [0.1, 0.15) is 33.6 Å². The number of Topliss-reactive ketones (excluding diaryl/α,β-unsaturated/α-hetero) is 1. The van der Waals surface area contributed by atoms with E-state index in [1.165, 1.54) is 0 Å². The van der Waals surface area contributed by atoms with Crippen LogP contribution < -0.4 is 0 Å². The summed E-state index contributed by atoms with van der Waals surface area (Å²) >= 11 is 7.97.